The standard InChI is InChI=1S/C16H18F3N5O/c1-9(2)24-8-11(7-21-24)14-13-12(23(4)22-14)5-6-20-15(13)25-10(3)16(17,18)19/h5-10H,1-4H3. The second-order valence-corrected chi connectivity index (χ2v) is 6.09. The van der Waals surface area contributed by atoms with Gasteiger partial charge in [0.25, 0.3) is 0 Å². The number of aromatic nitrogens is 5. The van der Waals surface area contributed by atoms with E-state index >= 15 is 0 Å². The molecule has 0 fully saturated rings. The number of hydrogen-bond donors (Lipinski definition) is 0. The fraction of sp³-hybridized carbons (Fsp3) is 0.438. The molecule has 0 amide bonds. The van der Waals surface area contributed by atoms with Crippen molar-refractivity contribution in [3.63, 3.8) is 0 Å². The first-order valence-electron chi connectivity index (χ1n) is 7.78. The number of alkyl halides is 3. The number of ether oxygens (including phenoxy) is 1. The molecule has 3 aromatic rings. The number of pyridine rings is 1. The van der Waals surface area contributed by atoms with Crippen molar-refractivity contribution in [1.82, 2.24) is 24.5 Å². The lowest BCUT2D eigenvalue weighted by atomic mass is 10.1. The molecule has 0 saturated heterocycles. The molecule has 0 aliphatic rings. The lowest BCUT2D eigenvalue weighted by Gasteiger charge is -2.17. The van der Waals surface area contributed by atoms with Crippen LogP contribution in [0.5, 0.6) is 5.88 Å². The van der Waals surface area contributed by atoms with Crippen molar-refractivity contribution in [1.29, 1.82) is 0 Å². The zero-order chi connectivity index (χ0) is 18.4. The average Bonchev–Trinajstić information content (AvgIpc) is 3.12. The van der Waals surface area contributed by atoms with Crippen molar-refractivity contribution < 1.29 is 17.9 Å². The highest BCUT2D eigenvalue weighted by molar-refractivity contribution is 5.96. The van der Waals surface area contributed by atoms with Crippen molar-refractivity contribution >= 4 is 10.9 Å². The van der Waals surface area contributed by atoms with Gasteiger partial charge < -0.3 is 4.74 Å². The zero-order valence-electron chi connectivity index (χ0n) is 14.2. The molecule has 3 heterocycles. The molecule has 1 unspecified atom stereocenters. The molecule has 134 valence electrons. The van der Waals surface area contributed by atoms with E-state index in [9.17, 15) is 13.2 Å². The summed E-state index contributed by atoms with van der Waals surface area (Å²) in [6.45, 7) is 4.91. The monoisotopic (exact) mass is 353 g/mol. The Balaban J connectivity index is 2.13. The van der Waals surface area contributed by atoms with Crippen LogP contribution in [0.15, 0.2) is 24.7 Å². The van der Waals surface area contributed by atoms with Crippen LogP contribution in [0, 0.1) is 0 Å². The zero-order valence-corrected chi connectivity index (χ0v) is 14.2. The van der Waals surface area contributed by atoms with Crippen LogP contribution in [0.25, 0.3) is 22.2 Å². The predicted molar refractivity (Wildman–Crippen MR) is 86.3 cm³/mol. The summed E-state index contributed by atoms with van der Waals surface area (Å²) in [7, 11) is 1.72. The van der Waals surface area contributed by atoms with Crippen molar-refractivity contribution in [2.24, 2.45) is 7.05 Å². The number of fused-ring (bicyclic) bond motifs is 1. The second kappa shape index (κ2) is 6.05. The molecule has 0 saturated carbocycles. The van der Waals surface area contributed by atoms with Gasteiger partial charge in [-0.15, -0.1) is 0 Å². The van der Waals surface area contributed by atoms with Crippen LogP contribution in [0.4, 0.5) is 13.2 Å². The van der Waals surface area contributed by atoms with Crippen LogP contribution >= 0.6 is 0 Å². The highest BCUT2D eigenvalue weighted by atomic mass is 19.4. The molecular weight excluding hydrogens is 335 g/mol. The molecule has 3 rings (SSSR count). The molecule has 0 aliphatic carbocycles. The van der Waals surface area contributed by atoms with Crippen molar-refractivity contribution in [2.75, 3.05) is 0 Å². The van der Waals surface area contributed by atoms with E-state index in [1.807, 2.05) is 13.8 Å². The van der Waals surface area contributed by atoms with Gasteiger partial charge in [-0.05, 0) is 26.8 Å². The summed E-state index contributed by atoms with van der Waals surface area (Å²) in [5.41, 5.74) is 1.81. The van der Waals surface area contributed by atoms with Crippen LogP contribution in [-0.4, -0.2) is 36.8 Å². The smallest absolute Gasteiger partial charge is 0.425 e. The minimum atomic E-state index is -4.48. The van der Waals surface area contributed by atoms with Crippen LogP contribution in [-0.2, 0) is 7.05 Å². The minimum absolute atomic E-state index is 0.0947. The van der Waals surface area contributed by atoms with Gasteiger partial charge in [-0.3, -0.25) is 9.36 Å². The number of halogens is 3. The predicted octanol–water partition coefficient (Wildman–Crippen LogP) is 3.74. The van der Waals surface area contributed by atoms with Gasteiger partial charge >= 0.3 is 6.18 Å². The maximum atomic E-state index is 12.9. The van der Waals surface area contributed by atoms with Gasteiger partial charge in [-0.1, -0.05) is 0 Å². The van der Waals surface area contributed by atoms with Gasteiger partial charge in [0.1, 0.15) is 5.69 Å². The van der Waals surface area contributed by atoms with E-state index in [1.165, 1.54) is 6.20 Å². The number of nitrogens with zero attached hydrogens (tertiary/aromatic N) is 5. The highest BCUT2D eigenvalue weighted by Gasteiger charge is 2.39. The van der Waals surface area contributed by atoms with Crippen molar-refractivity contribution in [3.8, 4) is 17.1 Å². The summed E-state index contributed by atoms with van der Waals surface area (Å²) in [5, 5.41) is 9.12. The summed E-state index contributed by atoms with van der Waals surface area (Å²) in [6.07, 6.45) is -1.61. The first kappa shape index (κ1) is 17.2. The lowest BCUT2D eigenvalue weighted by Crippen LogP contribution is -2.31. The van der Waals surface area contributed by atoms with E-state index in [0.29, 0.717) is 22.2 Å². The van der Waals surface area contributed by atoms with Crippen LogP contribution in [0.2, 0.25) is 0 Å². The molecule has 0 aromatic carbocycles. The molecule has 9 heteroatoms. The Labute approximate surface area is 142 Å². The molecule has 1 atom stereocenters. The van der Waals surface area contributed by atoms with E-state index < -0.39 is 12.3 Å². The summed E-state index contributed by atoms with van der Waals surface area (Å²) in [4.78, 5) is 4.00. The summed E-state index contributed by atoms with van der Waals surface area (Å²) < 4.78 is 47.1. The van der Waals surface area contributed by atoms with Crippen molar-refractivity contribution in [2.45, 2.75) is 39.1 Å². The SMILES string of the molecule is CC(C)n1cc(-c2nn(C)c3ccnc(OC(C)C(F)(F)F)c23)cn1. The van der Waals surface area contributed by atoms with Gasteiger partial charge in [0.15, 0.2) is 6.10 Å². The van der Waals surface area contributed by atoms with Gasteiger partial charge in [0.2, 0.25) is 5.88 Å². The van der Waals surface area contributed by atoms with Crippen molar-refractivity contribution in [3.05, 3.63) is 24.7 Å². The molecule has 25 heavy (non-hydrogen) atoms. The van der Waals surface area contributed by atoms with E-state index in [1.54, 1.807) is 34.9 Å². The highest BCUT2D eigenvalue weighted by Crippen LogP contribution is 2.35. The third-order valence-corrected chi connectivity index (χ3v) is 3.88. The summed E-state index contributed by atoms with van der Waals surface area (Å²) >= 11 is 0. The summed E-state index contributed by atoms with van der Waals surface area (Å²) in [6, 6.07) is 1.84. The van der Waals surface area contributed by atoms with Gasteiger partial charge in [-0.2, -0.15) is 23.4 Å². The molecule has 3 aromatic heterocycles. The summed E-state index contributed by atoms with van der Waals surface area (Å²) in [5.74, 6) is -0.0947. The van der Waals surface area contributed by atoms with E-state index in [2.05, 4.69) is 15.2 Å². The third kappa shape index (κ3) is 3.18. The molecule has 6 nitrogen and oxygen atoms in total. The minimum Gasteiger partial charge on any atom is -0.464 e. The number of rotatable bonds is 4. The van der Waals surface area contributed by atoms with Crippen LogP contribution in [0.1, 0.15) is 26.8 Å². The molecule has 0 spiro atoms. The molecule has 0 radical (unpaired) electrons. The Morgan fingerprint density at radius 3 is 2.52 bits per heavy atom. The van der Waals surface area contributed by atoms with E-state index in [-0.39, 0.29) is 11.9 Å². The van der Waals surface area contributed by atoms with Gasteiger partial charge in [0, 0.05) is 31.0 Å². The maximum absolute atomic E-state index is 12.9. The fourth-order valence-corrected chi connectivity index (χ4v) is 2.45. The Kier molecular flexibility index (Phi) is 4.18. The quantitative estimate of drug-likeness (QED) is 0.717. The number of aryl methyl sites for hydroxylation is 1. The lowest BCUT2D eigenvalue weighted by molar-refractivity contribution is -0.189. The molecule has 0 N–H and O–H groups in total. The first-order valence-corrected chi connectivity index (χ1v) is 7.78. The van der Waals surface area contributed by atoms with Gasteiger partial charge in [-0.25, -0.2) is 4.98 Å². The Bertz CT molecular complexity index is 897. The maximum Gasteiger partial charge on any atom is 0.425 e. The van der Waals surface area contributed by atoms with Crippen LogP contribution < -0.4 is 4.74 Å². The largest absolute Gasteiger partial charge is 0.464 e. The Morgan fingerprint density at radius 2 is 1.92 bits per heavy atom. The first-order chi connectivity index (χ1) is 11.7. The molecular formula is C16H18F3N5O. The normalized spacial score (nSPS) is 13.6. The average molecular weight is 353 g/mol. The molecule has 0 aliphatic heterocycles. The third-order valence-electron chi connectivity index (χ3n) is 3.88. The number of hydrogen-bond acceptors (Lipinski definition) is 4. The molecule has 0 bridgehead atoms. The van der Waals surface area contributed by atoms with Crippen LogP contribution in [0.3, 0.4) is 0 Å². The Hall–Kier alpha value is -2.58. The Morgan fingerprint density at radius 1 is 1.20 bits per heavy atom. The van der Waals surface area contributed by atoms with E-state index in [0.717, 1.165) is 6.92 Å². The second-order valence-electron chi connectivity index (χ2n) is 6.09. The van der Waals surface area contributed by atoms with E-state index in [4.69, 9.17) is 4.74 Å². The van der Waals surface area contributed by atoms with Gasteiger partial charge in [0.05, 0.1) is 17.1 Å². The topological polar surface area (TPSA) is 57.8 Å². The fourth-order valence-electron chi connectivity index (χ4n) is 2.45.